The minimum atomic E-state index is -0.331. The molecule has 0 saturated carbocycles. The standard InChI is InChI=1S/C16H12ClN3OS2/c1-9-7-10(2)19-15(13(9)8-18)23-16(22)20-14(21)11-3-5-12(17)6-4-11/h3-7H,1-2H3,(H,20,21,22). The molecule has 4 nitrogen and oxygen atoms in total. The molecule has 0 atom stereocenters. The second-order valence-electron chi connectivity index (χ2n) is 4.72. The Labute approximate surface area is 148 Å². The van der Waals surface area contributed by atoms with Crippen LogP contribution in [0, 0.1) is 25.2 Å². The van der Waals surface area contributed by atoms with E-state index in [1.165, 1.54) is 0 Å². The summed E-state index contributed by atoms with van der Waals surface area (Å²) in [6.07, 6.45) is 0. The lowest BCUT2D eigenvalue weighted by Gasteiger charge is -2.09. The lowest BCUT2D eigenvalue weighted by atomic mass is 10.1. The molecule has 0 aliphatic carbocycles. The zero-order valence-corrected chi connectivity index (χ0v) is 14.8. The molecule has 0 bridgehead atoms. The van der Waals surface area contributed by atoms with Crippen LogP contribution in [-0.4, -0.2) is 15.2 Å². The van der Waals surface area contributed by atoms with Gasteiger partial charge in [0, 0.05) is 16.3 Å². The molecule has 1 heterocycles. The summed E-state index contributed by atoms with van der Waals surface area (Å²) in [5, 5.41) is 12.9. The van der Waals surface area contributed by atoms with Crippen molar-refractivity contribution in [3.63, 3.8) is 0 Å². The molecule has 0 spiro atoms. The number of pyridine rings is 1. The molecule has 0 aliphatic heterocycles. The Balaban J connectivity index is 2.13. The third-order valence-electron chi connectivity index (χ3n) is 2.93. The highest BCUT2D eigenvalue weighted by Gasteiger charge is 2.14. The number of aromatic nitrogens is 1. The van der Waals surface area contributed by atoms with Gasteiger partial charge in [-0.25, -0.2) is 4.98 Å². The van der Waals surface area contributed by atoms with E-state index in [2.05, 4.69) is 16.4 Å². The molecule has 0 unspecified atom stereocenters. The number of rotatable bonds is 2. The van der Waals surface area contributed by atoms with Crippen molar-refractivity contribution in [1.29, 1.82) is 5.26 Å². The van der Waals surface area contributed by atoms with Gasteiger partial charge in [-0.05, 0) is 61.5 Å². The van der Waals surface area contributed by atoms with E-state index in [-0.39, 0.29) is 10.2 Å². The quantitative estimate of drug-likeness (QED) is 0.646. The number of carbonyl (C=O) groups excluding carboxylic acids is 1. The van der Waals surface area contributed by atoms with Gasteiger partial charge in [0.05, 0.1) is 5.56 Å². The number of hydrogen-bond donors (Lipinski definition) is 1. The molecular formula is C16H12ClN3OS2. The van der Waals surface area contributed by atoms with E-state index in [1.54, 1.807) is 24.3 Å². The first-order valence-electron chi connectivity index (χ1n) is 6.58. The maximum atomic E-state index is 12.1. The number of hydrogen-bond acceptors (Lipinski definition) is 5. The second-order valence-corrected chi connectivity index (χ2v) is 6.83. The van der Waals surface area contributed by atoms with Crippen molar-refractivity contribution in [2.45, 2.75) is 18.9 Å². The Morgan fingerprint density at radius 1 is 1.35 bits per heavy atom. The summed E-state index contributed by atoms with van der Waals surface area (Å²) < 4.78 is 0.235. The van der Waals surface area contributed by atoms with Crippen LogP contribution in [0.4, 0.5) is 0 Å². The minimum Gasteiger partial charge on any atom is -0.307 e. The van der Waals surface area contributed by atoms with E-state index < -0.39 is 0 Å². The van der Waals surface area contributed by atoms with Gasteiger partial charge >= 0.3 is 0 Å². The number of thiocarbonyl (C=S) groups is 1. The fourth-order valence-corrected chi connectivity index (χ4v) is 3.16. The highest BCUT2D eigenvalue weighted by Crippen LogP contribution is 2.24. The average Bonchev–Trinajstić information content (AvgIpc) is 2.47. The van der Waals surface area contributed by atoms with Gasteiger partial charge in [-0.15, -0.1) is 0 Å². The van der Waals surface area contributed by atoms with Gasteiger partial charge < -0.3 is 5.32 Å². The number of nitrogens with zero attached hydrogens (tertiary/aromatic N) is 2. The Bertz CT molecular complexity index is 813. The molecule has 1 aromatic carbocycles. The molecule has 0 saturated heterocycles. The van der Waals surface area contributed by atoms with E-state index in [1.807, 2.05) is 19.9 Å². The number of halogens is 1. The van der Waals surface area contributed by atoms with Gasteiger partial charge in [0.1, 0.15) is 15.4 Å². The number of nitrogens with one attached hydrogen (secondary N) is 1. The third kappa shape index (κ3) is 4.52. The highest BCUT2D eigenvalue weighted by molar-refractivity contribution is 8.23. The van der Waals surface area contributed by atoms with Crippen molar-refractivity contribution in [1.82, 2.24) is 10.3 Å². The number of thioether (sulfide) groups is 1. The summed E-state index contributed by atoms with van der Waals surface area (Å²) in [5.74, 6) is -0.331. The number of aryl methyl sites for hydroxylation is 2. The largest absolute Gasteiger partial charge is 0.307 e. The summed E-state index contributed by atoms with van der Waals surface area (Å²) >= 11 is 12.1. The monoisotopic (exact) mass is 361 g/mol. The SMILES string of the molecule is Cc1cc(C)c(C#N)c(SC(=S)NC(=O)c2ccc(Cl)cc2)n1. The number of nitriles is 1. The smallest absolute Gasteiger partial charge is 0.256 e. The summed E-state index contributed by atoms with van der Waals surface area (Å²) in [7, 11) is 0. The summed E-state index contributed by atoms with van der Waals surface area (Å²) in [6, 6.07) is 10.4. The van der Waals surface area contributed by atoms with Gasteiger partial charge in [-0.2, -0.15) is 5.26 Å². The van der Waals surface area contributed by atoms with Crippen LogP contribution in [0.25, 0.3) is 0 Å². The first-order valence-corrected chi connectivity index (χ1v) is 8.18. The van der Waals surface area contributed by atoms with Crippen LogP contribution in [0.1, 0.15) is 27.2 Å². The van der Waals surface area contributed by atoms with Crippen molar-refractivity contribution in [3.8, 4) is 6.07 Å². The molecule has 0 radical (unpaired) electrons. The maximum Gasteiger partial charge on any atom is 0.256 e. The Morgan fingerprint density at radius 2 is 2.00 bits per heavy atom. The predicted molar refractivity (Wildman–Crippen MR) is 95.8 cm³/mol. The summed E-state index contributed by atoms with van der Waals surface area (Å²) in [4.78, 5) is 16.4. The van der Waals surface area contributed by atoms with Gasteiger partial charge in [0.15, 0.2) is 0 Å². The fraction of sp³-hybridized carbons (Fsp3) is 0.125. The van der Waals surface area contributed by atoms with Gasteiger partial charge in [0.25, 0.3) is 5.91 Å². The second kappa shape index (κ2) is 7.55. The van der Waals surface area contributed by atoms with E-state index in [0.29, 0.717) is 21.2 Å². The molecule has 2 aromatic rings. The first-order chi connectivity index (χ1) is 10.9. The van der Waals surface area contributed by atoms with Crippen molar-refractivity contribution in [2.75, 3.05) is 0 Å². The van der Waals surface area contributed by atoms with Gasteiger partial charge in [-0.1, -0.05) is 23.8 Å². The Kier molecular flexibility index (Phi) is 5.72. The number of amides is 1. The third-order valence-corrected chi connectivity index (χ3v) is 4.31. The van der Waals surface area contributed by atoms with E-state index in [4.69, 9.17) is 23.8 Å². The molecular weight excluding hydrogens is 350 g/mol. The molecule has 7 heteroatoms. The maximum absolute atomic E-state index is 12.1. The molecule has 1 aromatic heterocycles. The zero-order chi connectivity index (χ0) is 17.0. The average molecular weight is 362 g/mol. The fourth-order valence-electron chi connectivity index (χ4n) is 1.89. The topological polar surface area (TPSA) is 65.8 Å². The van der Waals surface area contributed by atoms with Gasteiger partial charge in [0.2, 0.25) is 0 Å². The van der Waals surface area contributed by atoms with Crippen molar-refractivity contribution in [2.24, 2.45) is 0 Å². The Morgan fingerprint density at radius 3 is 2.61 bits per heavy atom. The van der Waals surface area contributed by atoms with Crippen LogP contribution in [-0.2, 0) is 0 Å². The molecule has 23 heavy (non-hydrogen) atoms. The van der Waals surface area contributed by atoms with E-state index in [0.717, 1.165) is 23.0 Å². The van der Waals surface area contributed by atoms with Crippen LogP contribution >= 0.6 is 35.6 Å². The zero-order valence-electron chi connectivity index (χ0n) is 12.4. The lowest BCUT2D eigenvalue weighted by Crippen LogP contribution is -2.26. The Hall–Kier alpha value is -1.94. The van der Waals surface area contributed by atoms with E-state index >= 15 is 0 Å². The van der Waals surface area contributed by atoms with Crippen molar-refractivity contribution >= 4 is 45.8 Å². The van der Waals surface area contributed by atoms with Crippen molar-refractivity contribution in [3.05, 3.63) is 57.7 Å². The molecule has 2 rings (SSSR count). The minimum absolute atomic E-state index is 0.235. The van der Waals surface area contributed by atoms with Crippen LogP contribution < -0.4 is 5.32 Å². The van der Waals surface area contributed by atoms with Crippen LogP contribution in [0.15, 0.2) is 35.4 Å². The van der Waals surface area contributed by atoms with Crippen LogP contribution in [0.2, 0.25) is 5.02 Å². The highest BCUT2D eigenvalue weighted by atomic mass is 35.5. The molecule has 0 aliphatic rings. The molecule has 0 fully saturated rings. The van der Waals surface area contributed by atoms with Crippen LogP contribution in [0.5, 0.6) is 0 Å². The van der Waals surface area contributed by atoms with Crippen LogP contribution in [0.3, 0.4) is 0 Å². The number of benzene rings is 1. The lowest BCUT2D eigenvalue weighted by molar-refractivity contribution is 0.0978. The normalized spacial score (nSPS) is 10.0. The summed E-state index contributed by atoms with van der Waals surface area (Å²) in [5.41, 5.74) is 2.53. The van der Waals surface area contributed by atoms with Crippen molar-refractivity contribution < 1.29 is 4.79 Å². The van der Waals surface area contributed by atoms with E-state index in [9.17, 15) is 10.1 Å². The van der Waals surface area contributed by atoms with Gasteiger partial charge in [-0.3, -0.25) is 4.79 Å². The molecule has 1 N–H and O–H groups in total. The molecule has 116 valence electrons. The predicted octanol–water partition coefficient (Wildman–Crippen LogP) is 4.03. The number of carbonyl (C=O) groups is 1. The molecule has 1 amide bonds. The summed E-state index contributed by atoms with van der Waals surface area (Å²) in [6.45, 7) is 3.68. The first kappa shape index (κ1) is 17.4.